The zero-order valence-electron chi connectivity index (χ0n) is 15.3. The summed E-state index contributed by atoms with van der Waals surface area (Å²) in [5.41, 5.74) is 6.42. The van der Waals surface area contributed by atoms with E-state index in [4.69, 9.17) is 10.5 Å². The van der Waals surface area contributed by atoms with Gasteiger partial charge in [-0.2, -0.15) is 5.10 Å². The van der Waals surface area contributed by atoms with Gasteiger partial charge in [-0.1, -0.05) is 0 Å². The second kappa shape index (κ2) is 8.78. The van der Waals surface area contributed by atoms with Gasteiger partial charge in [-0.05, 0) is 38.7 Å². The van der Waals surface area contributed by atoms with Gasteiger partial charge in [0.1, 0.15) is 5.69 Å². The first-order chi connectivity index (χ1) is 12.2. The highest BCUT2D eigenvalue weighted by Gasteiger charge is 2.32. The third-order valence-corrected chi connectivity index (χ3v) is 5.45. The van der Waals surface area contributed by atoms with E-state index in [0.29, 0.717) is 24.3 Å². The van der Waals surface area contributed by atoms with Gasteiger partial charge in [-0.25, -0.2) is 0 Å². The average molecular weight is 349 g/mol. The van der Waals surface area contributed by atoms with Crippen LogP contribution in [0.3, 0.4) is 0 Å². The summed E-state index contributed by atoms with van der Waals surface area (Å²) < 4.78 is 7.30. The fraction of sp³-hybridized carbons (Fsp3) is 0.778. The molecule has 7 nitrogen and oxygen atoms in total. The first kappa shape index (κ1) is 18.4. The number of nitrogens with zero attached hydrogens (tertiary/aromatic N) is 4. The van der Waals surface area contributed by atoms with Crippen molar-refractivity contribution in [3.8, 4) is 0 Å². The van der Waals surface area contributed by atoms with E-state index in [1.807, 2.05) is 24.1 Å². The Labute approximate surface area is 150 Å². The Morgan fingerprint density at radius 2 is 1.96 bits per heavy atom. The molecular formula is C18H31N5O2. The first-order valence-corrected chi connectivity index (χ1v) is 9.59. The Morgan fingerprint density at radius 1 is 1.28 bits per heavy atom. The van der Waals surface area contributed by atoms with Crippen LogP contribution in [0, 0.1) is 0 Å². The van der Waals surface area contributed by atoms with Gasteiger partial charge in [0.2, 0.25) is 0 Å². The van der Waals surface area contributed by atoms with E-state index in [2.05, 4.69) is 10.00 Å². The molecule has 0 bridgehead atoms. The summed E-state index contributed by atoms with van der Waals surface area (Å²) in [5.74, 6) is 0.0575. The molecule has 1 aromatic heterocycles. The number of hydrogen-bond acceptors (Lipinski definition) is 5. The van der Waals surface area contributed by atoms with Crippen molar-refractivity contribution in [2.45, 2.75) is 51.2 Å². The van der Waals surface area contributed by atoms with E-state index >= 15 is 0 Å². The molecule has 0 radical (unpaired) electrons. The van der Waals surface area contributed by atoms with Crippen LogP contribution >= 0.6 is 0 Å². The summed E-state index contributed by atoms with van der Waals surface area (Å²) in [7, 11) is 0. The van der Waals surface area contributed by atoms with E-state index in [1.165, 1.54) is 0 Å². The Kier molecular flexibility index (Phi) is 6.45. The van der Waals surface area contributed by atoms with Gasteiger partial charge < -0.3 is 15.4 Å². The molecule has 0 atom stereocenters. The molecule has 2 saturated heterocycles. The summed E-state index contributed by atoms with van der Waals surface area (Å²) >= 11 is 0. The van der Waals surface area contributed by atoms with Gasteiger partial charge in [-0.15, -0.1) is 0 Å². The van der Waals surface area contributed by atoms with Gasteiger partial charge >= 0.3 is 0 Å². The van der Waals surface area contributed by atoms with Crippen LogP contribution in [0.4, 0.5) is 0 Å². The number of ether oxygens (including phenoxy) is 1. The molecule has 1 amide bonds. The second-order valence-electron chi connectivity index (χ2n) is 6.95. The van der Waals surface area contributed by atoms with Crippen molar-refractivity contribution in [2.24, 2.45) is 5.73 Å². The number of piperidine rings is 1. The minimum atomic E-state index is 0.0575. The molecule has 1 aromatic rings. The topological polar surface area (TPSA) is 76.6 Å². The molecule has 2 aliphatic rings. The number of likely N-dealkylation sites (tertiary alicyclic amines) is 1. The largest absolute Gasteiger partial charge is 0.381 e. The average Bonchev–Trinajstić information content (AvgIpc) is 3.16. The standard InChI is InChI=1S/C18H31N5O2/c1-2-22-11-5-17(20-22)18(24)21-9-3-15(4-10-21)23(12-8-19)16-6-13-25-14-7-16/h5,11,15-16H,2-4,6-10,12-14,19H2,1H3. The Hall–Kier alpha value is -1.44. The summed E-state index contributed by atoms with van der Waals surface area (Å²) in [5, 5.41) is 4.35. The third-order valence-electron chi connectivity index (χ3n) is 5.45. The van der Waals surface area contributed by atoms with Crippen molar-refractivity contribution >= 4 is 5.91 Å². The molecule has 2 N–H and O–H groups in total. The normalized spacial score (nSPS) is 20.4. The monoisotopic (exact) mass is 349 g/mol. The fourth-order valence-corrected chi connectivity index (χ4v) is 4.04. The number of aryl methyl sites for hydroxylation is 1. The highest BCUT2D eigenvalue weighted by molar-refractivity contribution is 5.92. The predicted molar refractivity (Wildman–Crippen MR) is 96.4 cm³/mol. The van der Waals surface area contributed by atoms with Crippen molar-refractivity contribution in [1.29, 1.82) is 0 Å². The van der Waals surface area contributed by atoms with Gasteiger partial charge in [0.05, 0.1) is 0 Å². The summed E-state index contributed by atoms with van der Waals surface area (Å²) in [6, 6.07) is 2.91. The maximum Gasteiger partial charge on any atom is 0.274 e. The second-order valence-corrected chi connectivity index (χ2v) is 6.95. The molecule has 2 aliphatic heterocycles. The highest BCUT2D eigenvalue weighted by Crippen LogP contribution is 2.24. The molecule has 3 rings (SSSR count). The molecule has 0 aliphatic carbocycles. The summed E-state index contributed by atoms with van der Waals surface area (Å²) in [4.78, 5) is 17.2. The maximum atomic E-state index is 12.6. The number of hydrogen-bond donors (Lipinski definition) is 1. The zero-order valence-corrected chi connectivity index (χ0v) is 15.3. The van der Waals surface area contributed by atoms with E-state index in [9.17, 15) is 4.79 Å². The number of carbonyl (C=O) groups excluding carboxylic acids is 1. The maximum absolute atomic E-state index is 12.6. The van der Waals surface area contributed by atoms with Crippen molar-refractivity contribution in [2.75, 3.05) is 39.4 Å². The van der Waals surface area contributed by atoms with E-state index in [0.717, 1.165) is 65.1 Å². The zero-order chi connectivity index (χ0) is 17.6. The number of aromatic nitrogens is 2. The molecule has 0 aromatic carbocycles. The SMILES string of the molecule is CCn1ccc(C(=O)N2CCC(N(CCN)C3CCOCC3)CC2)n1. The molecule has 0 spiro atoms. The van der Waals surface area contributed by atoms with Gasteiger partial charge in [0.15, 0.2) is 0 Å². The minimum absolute atomic E-state index is 0.0575. The first-order valence-electron chi connectivity index (χ1n) is 9.59. The van der Waals surface area contributed by atoms with Crippen LogP contribution in [0.15, 0.2) is 12.3 Å². The lowest BCUT2D eigenvalue weighted by Crippen LogP contribution is -2.52. The number of amides is 1. The van der Waals surface area contributed by atoms with Crippen LogP contribution in [0.1, 0.15) is 43.1 Å². The van der Waals surface area contributed by atoms with E-state index < -0.39 is 0 Å². The van der Waals surface area contributed by atoms with Gasteiger partial charge in [0, 0.05) is 64.2 Å². The van der Waals surface area contributed by atoms with Crippen LogP contribution in [-0.4, -0.2) is 77.0 Å². The van der Waals surface area contributed by atoms with Gasteiger partial charge in [0.25, 0.3) is 5.91 Å². The van der Waals surface area contributed by atoms with Crippen molar-refractivity contribution in [3.05, 3.63) is 18.0 Å². The van der Waals surface area contributed by atoms with Crippen molar-refractivity contribution in [1.82, 2.24) is 19.6 Å². The quantitative estimate of drug-likeness (QED) is 0.827. The van der Waals surface area contributed by atoms with E-state index in [-0.39, 0.29) is 5.91 Å². The third kappa shape index (κ3) is 4.40. The molecule has 2 fully saturated rings. The molecular weight excluding hydrogens is 318 g/mol. The lowest BCUT2D eigenvalue weighted by Gasteiger charge is -2.43. The fourth-order valence-electron chi connectivity index (χ4n) is 4.04. The summed E-state index contributed by atoms with van der Waals surface area (Å²) in [6.45, 7) is 7.73. The van der Waals surface area contributed by atoms with Crippen LogP contribution in [0.2, 0.25) is 0 Å². The number of carbonyl (C=O) groups is 1. The summed E-state index contributed by atoms with van der Waals surface area (Å²) in [6.07, 6.45) is 6.07. The predicted octanol–water partition coefficient (Wildman–Crippen LogP) is 0.947. The Balaban J connectivity index is 1.56. The van der Waals surface area contributed by atoms with Crippen LogP contribution in [0.5, 0.6) is 0 Å². The number of rotatable bonds is 6. The lowest BCUT2D eigenvalue weighted by molar-refractivity contribution is 0.00410. The smallest absolute Gasteiger partial charge is 0.274 e. The molecule has 0 saturated carbocycles. The van der Waals surface area contributed by atoms with E-state index in [1.54, 1.807) is 4.68 Å². The minimum Gasteiger partial charge on any atom is -0.381 e. The molecule has 25 heavy (non-hydrogen) atoms. The highest BCUT2D eigenvalue weighted by atomic mass is 16.5. The molecule has 140 valence electrons. The lowest BCUT2D eigenvalue weighted by atomic mass is 9.97. The molecule has 0 unspecified atom stereocenters. The van der Waals surface area contributed by atoms with Crippen LogP contribution < -0.4 is 5.73 Å². The Morgan fingerprint density at radius 3 is 2.56 bits per heavy atom. The molecule has 3 heterocycles. The number of nitrogens with two attached hydrogens (primary N) is 1. The van der Waals surface area contributed by atoms with Crippen LogP contribution in [0.25, 0.3) is 0 Å². The van der Waals surface area contributed by atoms with Crippen molar-refractivity contribution in [3.63, 3.8) is 0 Å². The Bertz CT molecular complexity index is 547. The molecule has 7 heteroatoms. The van der Waals surface area contributed by atoms with Gasteiger partial charge in [-0.3, -0.25) is 14.4 Å². The van der Waals surface area contributed by atoms with Crippen molar-refractivity contribution < 1.29 is 9.53 Å². The van der Waals surface area contributed by atoms with Crippen LogP contribution in [-0.2, 0) is 11.3 Å².